The molecule has 0 spiro atoms. The van der Waals surface area contributed by atoms with Gasteiger partial charge in [-0.25, -0.2) is 0 Å². The molecule has 1 heterocycles. The van der Waals surface area contributed by atoms with E-state index in [-0.39, 0.29) is 24.0 Å². The van der Waals surface area contributed by atoms with Gasteiger partial charge in [0.1, 0.15) is 12.4 Å². The van der Waals surface area contributed by atoms with Crippen molar-refractivity contribution in [1.29, 1.82) is 0 Å². The Hall–Kier alpha value is -1.06. The maximum absolute atomic E-state index is 5.71. The molecule has 1 fully saturated rings. The van der Waals surface area contributed by atoms with Gasteiger partial charge in [0, 0.05) is 32.7 Å². The van der Waals surface area contributed by atoms with Crippen LogP contribution in [0.15, 0.2) is 35.3 Å². The number of rotatable bonds is 9. The normalized spacial score (nSPS) is 16.5. The molecule has 154 valence electrons. The predicted molar refractivity (Wildman–Crippen MR) is 122 cm³/mol. The van der Waals surface area contributed by atoms with Crippen LogP contribution in [0.3, 0.4) is 0 Å². The van der Waals surface area contributed by atoms with E-state index in [2.05, 4.69) is 34.4 Å². The zero-order valence-corrected chi connectivity index (χ0v) is 19.1. The average molecular weight is 490 g/mol. The molecule has 1 atom stereocenters. The first kappa shape index (κ1) is 24.0. The molecule has 27 heavy (non-hydrogen) atoms. The predicted octanol–water partition coefficient (Wildman–Crippen LogP) is 2.60. The quantitative estimate of drug-likeness (QED) is 0.241. The number of morpholine rings is 1. The number of nitrogens with one attached hydrogen (secondary N) is 2. The number of aliphatic imine (C=N–C) groups is 1. The number of guanidine groups is 1. The van der Waals surface area contributed by atoms with Gasteiger partial charge in [-0.2, -0.15) is 0 Å². The number of nitrogens with zero attached hydrogens (tertiary/aromatic N) is 2. The van der Waals surface area contributed by atoms with Crippen molar-refractivity contribution < 1.29 is 9.47 Å². The first-order valence-electron chi connectivity index (χ1n) is 9.63. The first-order chi connectivity index (χ1) is 12.7. The summed E-state index contributed by atoms with van der Waals surface area (Å²) >= 11 is 0. The van der Waals surface area contributed by atoms with E-state index in [1.54, 1.807) is 7.05 Å². The average Bonchev–Trinajstić information content (AvgIpc) is 2.67. The third kappa shape index (κ3) is 9.62. The molecule has 0 radical (unpaired) electrons. The van der Waals surface area contributed by atoms with E-state index in [9.17, 15) is 0 Å². The van der Waals surface area contributed by atoms with E-state index in [1.165, 1.54) is 6.42 Å². The second-order valence-electron chi connectivity index (χ2n) is 6.97. The number of ether oxygens (including phenoxy) is 2. The summed E-state index contributed by atoms with van der Waals surface area (Å²) in [6, 6.07) is 10.4. The Morgan fingerprint density at radius 2 is 1.89 bits per heavy atom. The Labute approximate surface area is 181 Å². The van der Waals surface area contributed by atoms with E-state index in [1.807, 2.05) is 30.3 Å². The molecule has 0 bridgehead atoms. The van der Waals surface area contributed by atoms with Gasteiger partial charge >= 0.3 is 0 Å². The van der Waals surface area contributed by atoms with Crippen LogP contribution < -0.4 is 15.4 Å². The summed E-state index contributed by atoms with van der Waals surface area (Å²) in [6.07, 6.45) is 1.17. The van der Waals surface area contributed by atoms with Crippen molar-refractivity contribution in [1.82, 2.24) is 15.5 Å². The number of halogens is 1. The number of para-hydroxylation sites is 1. The third-order valence-electron chi connectivity index (χ3n) is 4.44. The van der Waals surface area contributed by atoms with Gasteiger partial charge in [0.2, 0.25) is 0 Å². The molecule has 0 aromatic heterocycles. The number of hydrogen-bond acceptors (Lipinski definition) is 4. The summed E-state index contributed by atoms with van der Waals surface area (Å²) in [5.74, 6) is 2.38. The molecule has 1 aliphatic heterocycles. The van der Waals surface area contributed by atoms with Crippen LogP contribution >= 0.6 is 24.0 Å². The fourth-order valence-electron chi connectivity index (χ4n) is 3.14. The molecule has 0 saturated carbocycles. The Morgan fingerprint density at radius 3 is 2.52 bits per heavy atom. The molecule has 2 rings (SSSR count). The van der Waals surface area contributed by atoms with Crippen LogP contribution in [0, 0.1) is 5.92 Å². The lowest BCUT2D eigenvalue weighted by Crippen LogP contribution is -2.51. The first-order valence-corrected chi connectivity index (χ1v) is 9.63. The van der Waals surface area contributed by atoms with E-state index in [4.69, 9.17) is 9.47 Å². The van der Waals surface area contributed by atoms with Crippen LogP contribution in [0.25, 0.3) is 0 Å². The van der Waals surface area contributed by atoms with Gasteiger partial charge in [-0.15, -0.1) is 24.0 Å². The lowest BCUT2D eigenvalue weighted by atomic mass is 10.0. The number of hydrogen-bond donors (Lipinski definition) is 2. The van der Waals surface area contributed by atoms with E-state index < -0.39 is 0 Å². The smallest absolute Gasteiger partial charge is 0.191 e. The van der Waals surface area contributed by atoms with Crippen molar-refractivity contribution in [2.75, 3.05) is 53.0 Å². The highest BCUT2D eigenvalue weighted by molar-refractivity contribution is 14.0. The topological polar surface area (TPSA) is 58.1 Å². The summed E-state index contributed by atoms with van der Waals surface area (Å²) in [7, 11) is 1.81. The van der Waals surface area contributed by atoms with Crippen LogP contribution in [0.4, 0.5) is 0 Å². The second kappa shape index (κ2) is 14.0. The van der Waals surface area contributed by atoms with Crippen molar-refractivity contribution in [3.8, 4) is 5.75 Å². The minimum absolute atomic E-state index is 0. The van der Waals surface area contributed by atoms with Crippen LogP contribution in [0.1, 0.15) is 20.3 Å². The molecule has 2 N–H and O–H groups in total. The molecule has 1 aromatic carbocycles. The highest BCUT2D eigenvalue weighted by Gasteiger charge is 2.22. The summed E-state index contributed by atoms with van der Waals surface area (Å²) in [4.78, 5) is 6.85. The SMILES string of the molecule is CN=C(NCCOc1ccccc1)NCC(CC(C)C)N1CCOCC1.I. The van der Waals surface area contributed by atoms with Crippen molar-refractivity contribution in [2.24, 2.45) is 10.9 Å². The third-order valence-corrected chi connectivity index (χ3v) is 4.44. The lowest BCUT2D eigenvalue weighted by Gasteiger charge is -2.35. The molecule has 6 nitrogen and oxygen atoms in total. The highest BCUT2D eigenvalue weighted by Crippen LogP contribution is 2.13. The Balaban J connectivity index is 0.00000364. The van der Waals surface area contributed by atoms with Gasteiger partial charge in [-0.1, -0.05) is 32.0 Å². The summed E-state index contributed by atoms with van der Waals surface area (Å²) in [5.41, 5.74) is 0. The van der Waals surface area contributed by atoms with Gasteiger partial charge in [0.15, 0.2) is 5.96 Å². The molecule has 7 heteroatoms. The Bertz CT molecular complexity index is 522. The van der Waals surface area contributed by atoms with Crippen molar-refractivity contribution in [3.05, 3.63) is 30.3 Å². The minimum atomic E-state index is 0. The van der Waals surface area contributed by atoms with Crippen LogP contribution in [-0.4, -0.2) is 69.9 Å². The van der Waals surface area contributed by atoms with Crippen LogP contribution in [0.2, 0.25) is 0 Å². The van der Waals surface area contributed by atoms with Crippen LogP contribution in [-0.2, 0) is 4.74 Å². The molecule has 0 amide bonds. The standard InChI is InChI=1S/C20H34N4O2.HI/c1-17(2)15-18(24-10-13-25-14-11-24)16-23-20(21-3)22-9-12-26-19-7-5-4-6-8-19;/h4-8,17-18H,9-16H2,1-3H3,(H2,21,22,23);1H. The van der Waals surface area contributed by atoms with E-state index in [0.29, 0.717) is 25.1 Å². The zero-order chi connectivity index (χ0) is 18.6. The van der Waals surface area contributed by atoms with E-state index >= 15 is 0 Å². The van der Waals surface area contributed by atoms with Gasteiger partial charge < -0.3 is 20.1 Å². The lowest BCUT2D eigenvalue weighted by molar-refractivity contribution is 0.0132. The molecule has 1 aromatic rings. The molecule has 1 unspecified atom stereocenters. The van der Waals surface area contributed by atoms with Crippen molar-refractivity contribution in [3.63, 3.8) is 0 Å². The van der Waals surface area contributed by atoms with Gasteiger partial charge in [0.05, 0.1) is 19.8 Å². The summed E-state index contributed by atoms with van der Waals surface area (Å²) in [5, 5.41) is 6.79. The maximum atomic E-state index is 5.71. The van der Waals surface area contributed by atoms with Crippen molar-refractivity contribution in [2.45, 2.75) is 26.3 Å². The van der Waals surface area contributed by atoms with Crippen molar-refractivity contribution >= 4 is 29.9 Å². The highest BCUT2D eigenvalue weighted by atomic mass is 127. The fourth-order valence-corrected chi connectivity index (χ4v) is 3.14. The summed E-state index contributed by atoms with van der Waals surface area (Å²) in [6.45, 7) is 10.4. The van der Waals surface area contributed by atoms with Gasteiger partial charge in [0.25, 0.3) is 0 Å². The van der Waals surface area contributed by atoms with E-state index in [0.717, 1.165) is 44.6 Å². The monoisotopic (exact) mass is 490 g/mol. The second-order valence-corrected chi connectivity index (χ2v) is 6.97. The molecule has 1 aliphatic rings. The number of benzene rings is 1. The molecule has 1 saturated heterocycles. The largest absolute Gasteiger partial charge is 0.492 e. The van der Waals surface area contributed by atoms with Gasteiger partial charge in [-0.3, -0.25) is 9.89 Å². The zero-order valence-electron chi connectivity index (χ0n) is 16.8. The maximum Gasteiger partial charge on any atom is 0.191 e. The Morgan fingerprint density at radius 1 is 1.19 bits per heavy atom. The fraction of sp³-hybridized carbons (Fsp3) is 0.650. The summed E-state index contributed by atoms with van der Waals surface area (Å²) < 4.78 is 11.2. The molecular formula is C20H35IN4O2. The Kier molecular flexibility index (Phi) is 12.4. The van der Waals surface area contributed by atoms with Crippen LogP contribution in [0.5, 0.6) is 5.75 Å². The molecule has 0 aliphatic carbocycles. The minimum Gasteiger partial charge on any atom is -0.492 e. The molecular weight excluding hydrogens is 455 g/mol. The van der Waals surface area contributed by atoms with Gasteiger partial charge in [-0.05, 0) is 24.5 Å².